The molecule has 0 radical (unpaired) electrons. The van der Waals surface area contributed by atoms with Crippen LogP contribution >= 0.6 is 0 Å². The first-order valence-corrected chi connectivity index (χ1v) is 13.8. The Balaban J connectivity index is 2.36. The molecule has 7 heteroatoms. The standard InChI is InChI=1S/C21H33O6.Bi/c22-19(23)15-9-3-1-6-12-18(14-8-5-11-17-21(26)27)13-7-2-4-10-16-20(24)25;/h1-11,14-17H2,(H,22,23)(H,24,25)(H,26,27);/p-3. The van der Waals surface area contributed by atoms with Gasteiger partial charge in [0, 0.05) is 0 Å². The van der Waals surface area contributed by atoms with Crippen molar-refractivity contribution >= 4 is 43.9 Å². The molecule has 1 heterocycles. The van der Waals surface area contributed by atoms with Gasteiger partial charge in [-0.25, -0.2) is 0 Å². The minimum atomic E-state index is -0.987. The molecule has 0 saturated heterocycles. The first-order valence-electron chi connectivity index (χ1n) is 10.3. The number of rotatable bonds is 18. The van der Waals surface area contributed by atoms with E-state index in [1.165, 1.54) is 5.57 Å². The van der Waals surface area contributed by atoms with E-state index < -0.39 is 40.7 Å². The first-order chi connectivity index (χ1) is 13.4. The fourth-order valence-electron chi connectivity index (χ4n) is 3.34. The monoisotopic (exact) mass is 587 g/mol. The molecule has 0 unspecified atom stereocenters. The summed E-state index contributed by atoms with van der Waals surface area (Å²) in [7, 11) is 0. The summed E-state index contributed by atoms with van der Waals surface area (Å²) in [5.41, 5.74) is 1.50. The Morgan fingerprint density at radius 2 is 1.00 bits per heavy atom. The van der Waals surface area contributed by atoms with E-state index in [0.29, 0.717) is 19.3 Å². The summed E-state index contributed by atoms with van der Waals surface area (Å²) in [6.45, 7) is 0. The summed E-state index contributed by atoms with van der Waals surface area (Å²) in [6.07, 6.45) is 11.3. The molecule has 1 aliphatic rings. The van der Waals surface area contributed by atoms with Crippen molar-refractivity contribution in [2.75, 3.05) is 0 Å². The predicted molar refractivity (Wildman–Crippen MR) is 102 cm³/mol. The van der Waals surface area contributed by atoms with Gasteiger partial charge in [-0.3, -0.25) is 0 Å². The molecule has 0 spiro atoms. The quantitative estimate of drug-likeness (QED) is 0.167. The van der Waals surface area contributed by atoms with Gasteiger partial charge in [0.05, 0.1) is 0 Å². The zero-order valence-electron chi connectivity index (χ0n) is 16.5. The zero-order chi connectivity index (χ0) is 20.8. The van der Waals surface area contributed by atoms with Crippen molar-refractivity contribution in [1.29, 1.82) is 0 Å². The summed E-state index contributed by atoms with van der Waals surface area (Å²) in [5.74, 6) is -2.95. The number of hydrogen-bond donors (Lipinski definition) is 0. The van der Waals surface area contributed by atoms with Gasteiger partial charge in [0.25, 0.3) is 0 Å². The molecule has 0 fully saturated rings. The number of carboxylic acids is 3. The molecule has 6 nitrogen and oxygen atoms in total. The number of allylic oxidation sites excluding steroid dienone is 2. The van der Waals surface area contributed by atoms with Crippen LogP contribution in [0.4, 0.5) is 0 Å². The van der Waals surface area contributed by atoms with Crippen LogP contribution in [0.25, 0.3) is 0 Å². The molecule has 1 rings (SSSR count). The maximum absolute atomic E-state index is 10.5. The van der Waals surface area contributed by atoms with E-state index in [1.54, 1.807) is 6.49 Å². The average Bonchev–Trinajstić information content (AvgIpc) is 2.60. The molecule has 0 amide bonds. The molecule has 0 aromatic carbocycles. The third-order valence-electron chi connectivity index (χ3n) is 4.86. The van der Waals surface area contributed by atoms with Crippen molar-refractivity contribution in [1.82, 2.24) is 0 Å². The van der Waals surface area contributed by atoms with Crippen LogP contribution in [0.2, 0.25) is 0 Å². The van der Waals surface area contributed by atoms with Crippen LogP contribution in [0.5, 0.6) is 0 Å². The number of carbonyl (C=O) groups is 3. The van der Waals surface area contributed by atoms with Gasteiger partial charge in [0.2, 0.25) is 0 Å². The summed E-state index contributed by atoms with van der Waals surface area (Å²) < 4.78 is 3.27. The Bertz CT molecular complexity index is 594. The average molecular weight is 587 g/mol. The number of carboxylic acid groups (broad SMARTS) is 3. The van der Waals surface area contributed by atoms with E-state index in [1.807, 2.05) is 0 Å². The molecular formula is C21H30BiO6-3. The second-order valence-corrected chi connectivity index (χ2v) is 12.3. The van der Waals surface area contributed by atoms with Crippen LogP contribution in [-0.4, -0.2) is 43.9 Å². The van der Waals surface area contributed by atoms with Crippen molar-refractivity contribution < 1.29 is 29.7 Å². The van der Waals surface area contributed by atoms with Gasteiger partial charge in [-0.1, -0.05) is 0 Å². The van der Waals surface area contributed by atoms with Gasteiger partial charge in [-0.2, -0.15) is 0 Å². The van der Waals surface area contributed by atoms with E-state index in [4.69, 9.17) is 0 Å². The number of hydrogen-bond acceptors (Lipinski definition) is 6. The van der Waals surface area contributed by atoms with Crippen molar-refractivity contribution in [3.05, 3.63) is 8.85 Å². The summed E-state index contributed by atoms with van der Waals surface area (Å²) in [4.78, 5) is 31.4. The first kappa shape index (κ1) is 24.9. The third-order valence-corrected chi connectivity index (χ3v) is 10.8. The van der Waals surface area contributed by atoms with Crippen molar-refractivity contribution in [2.24, 2.45) is 0 Å². The molecule has 0 aromatic heterocycles. The van der Waals surface area contributed by atoms with Gasteiger partial charge in [0.1, 0.15) is 0 Å². The molecular weight excluding hydrogens is 557 g/mol. The summed E-state index contributed by atoms with van der Waals surface area (Å²) >= 11 is -0.734. The number of carbonyl (C=O) groups excluding carboxylic acids is 3. The molecule has 0 aliphatic carbocycles. The fourth-order valence-corrected chi connectivity index (χ4v) is 9.02. The Hall–Kier alpha value is -1.10. The fraction of sp³-hybridized carbons (Fsp3) is 0.714. The van der Waals surface area contributed by atoms with Crippen molar-refractivity contribution in [3.8, 4) is 0 Å². The molecule has 28 heavy (non-hydrogen) atoms. The molecule has 1 aliphatic heterocycles. The normalized spacial score (nSPS) is 13.2. The molecule has 0 atom stereocenters. The second kappa shape index (κ2) is 14.8. The topological polar surface area (TPSA) is 120 Å². The van der Waals surface area contributed by atoms with Crippen LogP contribution in [0.1, 0.15) is 96.3 Å². The van der Waals surface area contributed by atoms with Crippen LogP contribution in [0.3, 0.4) is 0 Å². The SMILES string of the molecule is O=C([O-])CCCCC[C]1=[Bi][C](CCCCCC(=O)[O-])=C1CCCCCC(=O)[O-]. The zero-order valence-corrected chi connectivity index (χ0v) is 20.0. The van der Waals surface area contributed by atoms with Crippen LogP contribution in [0, 0.1) is 0 Å². The van der Waals surface area contributed by atoms with E-state index >= 15 is 0 Å². The van der Waals surface area contributed by atoms with Crippen LogP contribution < -0.4 is 15.3 Å². The number of unbranched alkanes of at least 4 members (excludes halogenated alkanes) is 6. The summed E-state index contributed by atoms with van der Waals surface area (Å²) in [5, 5.41) is 31.4. The van der Waals surface area contributed by atoms with Gasteiger partial charge in [0.15, 0.2) is 0 Å². The Labute approximate surface area is 178 Å². The Morgan fingerprint density at radius 1 is 0.571 bits per heavy atom. The molecule has 0 bridgehead atoms. The minimum absolute atomic E-state index is 0.122. The van der Waals surface area contributed by atoms with E-state index in [9.17, 15) is 29.7 Å². The van der Waals surface area contributed by atoms with Crippen LogP contribution in [0.15, 0.2) is 8.85 Å². The molecule has 0 aromatic rings. The van der Waals surface area contributed by atoms with Crippen LogP contribution in [-0.2, 0) is 14.4 Å². The van der Waals surface area contributed by atoms with Crippen molar-refractivity contribution in [2.45, 2.75) is 96.3 Å². The molecule has 0 N–H and O–H groups in total. The number of aliphatic carboxylic acids is 3. The Morgan fingerprint density at radius 3 is 1.46 bits per heavy atom. The van der Waals surface area contributed by atoms with E-state index in [-0.39, 0.29) is 19.3 Å². The molecule has 0 saturated carbocycles. The predicted octanol–water partition coefficient (Wildman–Crippen LogP) is 0.232. The third kappa shape index (κ3) is 11.7. The molecule has 158 valence electrons. The van der Waals surface area contributed by atoms with Crippen molar-refractivity contribution in [3.63, 3.8) is 0 Å². The van der Waals surface area contributed by atoms with E-state index in [0.717, 1.165) is 57.8 Å². The Kier molecular flexibility index (Phi) is 13.2. The van der Waals surface area contributed by atoms with Gasteiger partial charge in [-0.15, -0.1) is 0 Å². The van der Waals surface area contributed by atoms with Gasteiger partial charge >= 0.3 is 179 Å². The van der Waals surface area contributed by atoms with Gasteiger partial charge in [-0.05, 0) is 0 Å². The maximum atomic E-state index is 10.5. The van der Waals surface area contributed by atoms with E-state index in [2.05, 4.69) is 0 Å². The van der Waals surface area contributed by atoms with Gasteiger partial charge < -0.3 is 0 Å². The second-order valence-electron chi connectivity index (χ2n) is 7.28. The summed E-state index contributed by atoms with van der Waals surface area (Å²) in [6, 6.07) is 0.